The van der Waals surface area contributed by atoms with Gasteiger partial charge < -0.3 is 19.5 Å². The number of halogens is 3. The van der Waals surface area contributed by atoms with Crippen molar-refractivity contribution in [1.29, 1.82) is 0 Å². The molecule has 42 heavy (non-hydrogen) atoms. The number of alkyl halides is 3. The third-order valence-corrected chi connectivity index (χ3v) is 7.78. The van der Waals surface area contributed by atoms with Gasteiger partial charge in [0, 0.05) is 6.54 Å². The standard InChI is InChI=1S/C33H35F3N2O4/c1-2-40-18-15-24-12-11-23(19-29(24)33(34,35)36)22-41-28-10-6-9-27(20-28)31(26-7-4-3-5-8-26)37-32(39)42-30-21-38-16-13-25(30)14-17-38/h3-12,15,18-20,25,30-31H,2,13-14,16-17,21-22H2,1H3,(H,37,39). The first-order valence-electron chi connectivity index (χ1n) is 14.3. The summed E-state index contributed by atoms with van der Waals surface area (Å²) >= 11 is 0. The van der Waals surface area contributed by atoms with Gasteiger partial charge in [0.15, 0.2) is 0 Å². The van der Waals surface area contributed by atoms with Crippen molar-refractivity contribution in [1.82, 2.24) is 10.2 Å². The number of benzene rings is 3. The maximum Gasteiger partial charge on any atom is 0.416 e. The monoisotopic (exact) mass is 580 g/mol. The van der Waals surface area contributed by atoms with Crippen LogP contribution in [0.5, 0.6) is 5.75 Å². The molecule has 3 heterocycles. The Morgan fingerprint density at radius 1 is 1.02 bits per heavy atom. The van der Waals surface area contributed by atoms with Crippen LogP contribution >= 0.6 is 0 Å². The Balaban J connectivity index is 1.30. The normalized spacial score (nSPS) is 20.7. The van der Waals surface area contributed by atoms with E-state index in [0.29, 0.717) is 23.8 Å². The maximum atomic E-state index is 13.7. The highest BCUT2D eigenvalue weighted by molar-refractivity contribution is 5.69. The average Bonchev–Trinajstić information content (AvgIpc) is 3.00. The molecular formula is C33H35F3N2O4. The van der Waals surface area contributed by atoms with Crippen LogP contribution in [0.4, 0.5) is 18.0 Å². The molecule has 3 saturated heterocycles. The molecule has 3 aliphatic heterocycles. The van der Waals surface area contributed by atoms with Gasteiger partial charge in [0.2, 0.25) is 0 Å². The lowest BCUT2D eigenvalue weighted by Gasteiger charge is -2.43. The van der Waals surface area contributed by atoms with Crippen LogP contribution in [-0.2, 0) is 22.3 Å². The summed E-state index contributed by atoms with van der Waals surface area (Å²) in [6, 6.07) is 20.3. The third kappa shape index (κ3) is 7.45. The number of carbonyl (C=O) groups excluding carboxylic acids is 1. The predicted molar refractivity (Wildman–Crippen MR) is 154 cm³/mol. The number of amides is 1. The highest BCUT2D eigenvalue weighted by atomic mass is 19.4. The molecule has 1 N–H and O–H groups in total. The first-order valence-corrected chi connectivity index (χ1v) is 14.3. The van der Waals surface area contributed by atoms with E-state index in [2.05, 4.69) is 10.2 Å². The lowest BCUT2D eigenvalue weighted by Crippen LogP contribution is -2.52. The number of nitrogens with zero attached hydrogens (tertiary/aromatic N) is 1. The Morgan fingerprint density at radius 2 is 1.79 bits per heavy atom. The molecule has 2 unspecified atom stereocenters. The van der Waals surface area contributed by atoms with E-state index in [9.17, 15) is 18.0 Å². The van der Waals surface area contributed by atoms with Crippen molar-refractivity contribution in [2.24, 2.45) is 5.92 Å². The molecule has 6 rings (SSSR count). The summed E-state index contributed by atoms with van der Waals surface area (Å²) in [6.07, 6.45) is -0.491. The van der Waals surface area contributed by atoms with E-state index in [1.807, 2.05) is 36.4 Å². The highest BCUT2D eigenvalue weighted by Gasteiger charge is 2.37. The van der Waals surface area contributed by atoms with Gasteiger partial charge in [0.1, 0.15) is 18.5 Å². The van der Waals surface area contributed by atoms with Gasteiger partial charge in [-0.15, -0.1) is 0 Å². The van der Waals surface area contributed by atoms with E-state index < -0.39 is 23.9 Å². The smallest absolute Gasteiger partial charge is 0.416 e. The van der Waals surface area contributed by atoms with E-state index in [0.717, 1.165) is 49.7 Å². The molecule has 3 fully saturated rings. The van der Waals surface area contributed by atoms with Crippen molar-refractivity contribution in [3.8, 4) is 5.75 Å². The Bertz CT molecular complexity index is 1370. The number of hydrogen-bond acceptors (Lipinski definition) is 5. The largest absolute Gasteiger partial charge is 0.501 e. The summed E-state index contributed by atoms with van der Waals surface area (Å²) in [6.45, 7) is 4.93. The number of rotatable bonds is 10. The molecule has 1 amide bonds. The molecule has 0 spiro atoms. The van der Waals surface area contributed by atoms with Gasteiger partial charge in [0.25, 0.3) is 0 Å². The van der Waals surface area contributed by atoms with Crippen LogP contribution in [0.1, 0.15) is 53.6 Å². The van der Waals surface area contributed by atoms with E-state index in [1.165, 1.54) is 18.4 Å². The van der Waals surface area contributed by atoms with E-state index in [1.54, 1.807) is 31.2 Å². The average molecular weight is 581 g/mol. The number of carbonyl (C=O) groups is 1. The number of hydrogen-bond donors (Lipinski definition) is 1. The Morgan fingerprint density at radius 3 is 2.48 bits per heavy atom. The molecule has 3 aromatic carbocycles. The van der Waals surface area contributed by atoms with Crippen LogP contribution in [0.25, 0.3) is 6.08 Å². The van der Waals surface area contributed by atoms with Gasteiger partial charge in [-0.25, -0.2) is 4.79 Å². The fraction of sp³-hybridized carbons (Fsp3) is 0.364. The molecule has 3 aromatic rings. The van der Waals surface area contributed by atoms with Crippen LogP contribution in [0.3, 0.4) is 0 Å². The number of ether oxygens (including phenoxy) is 3. The second-order valence-corrected chi connectivity index (χ2v) is 10.6. The van der Waals surface area contributed by atoms with Gasteiger partial charge >= 0.3 is 12.3 Å². The van der Waals surface area contributed by atoms with Crippen molar-refractivity contribution in [3.63, 3.8) is 0 Å². The van der Waals surface area contributed by atoms with Gasteiger partial charge in [-0.3, -0.25) is 4.90 Å². The number of piperidine rings is 3. The summed E-state index contributed by atoms with van der Waals surface area (Å²) in [7, 11) is 0. The minimum atomic E-state index is -4.53. The topological polar surface area (TPSA) is 60.0 Å². The minimum absolute atomic E-state index is 0.0172. The lowest BCUT2D eigenvalue weighted by molar-refractivity contribution is -0.137. The van der Waals surface area contributed by atoms with E-state index >= 15 is 0 Å². The highest BCUT2D eigenvalue weighted by Crippen LogP contribution is 2.34. The van der Waals surface area contributed by atoms with Crippen LogP contribution in [-0.4, -0.2) is 43.3 Å². The lowest BCUT2D eigenvalue weighted by atomic mass is 9.86. The van der Waals surface area contributed by atoms with Crippen LogP contribution < -0.4 is 10.1 Å². The molecule has 2 bridgehead atoms. The quantitative estimate of drug-likeness (QED) is 0.257. The van der Waals surface area contributed by atoms with E-state index in [4.69, 9.17) is 14.2 Å². The zero-order chi connectivity index (χ0) is 29.5. The maximum absolute atomic E-state index is 13.7. The van der Waals surface area contributed by atoms with Crippen LogP contribution in [0.15, 0.2) is 79.1 Å². The van der Waals surface area contributed by atoms with Crippen LogP contribution in [0, 0.1) is 5.92 Å². The fourth-order valence-electron chi connectivity index (χ4n) is 5.59. The minimum Gasteiger partial charge on any atom is -0.501 e. The Hall–Kier alpha value is -3.98. The van der Waals surface area contributed by atoms with Gasteiger partial charge in [-0.05, 0) is 85.3 Å². The Labute approximate surface area is 244 Å². The zero-order valence-corrected chi connectivity index (χ0v) is 23.5. The van der Waals surface area contributed by atoms with Crippen molar-refractivity contribution in [2.75, 3.05) is 26.2 Å². The molecule has 0 aliphatic carbocycles. The molecule has 0 aromatic heterocycles. The Kier molecular flexibility index (Phi) is 9.37. The predicted octanol–water partition coefficient (Wildman–Crippen LogP) is 7.20. The second kappa shape index (κ2) is 13.3. The first kappa shape index (κ1) is 29.5. The molecule has 0 saturated carbocycles. The zero-order valence-electron chi connectivity index (χ0n) is 23.5. The van der Waals surface area contributed by atoms with Gasteiger partial charge in [-0.2, -0.15) is 13.2 Å². The summed E-state index contributed by atoms with van der Waals surface area (Å²) in [5.74, 6) is 0.857. The first-order chi connectivity index (χ1) is 20.3. The second-order valence-electron chi connectivity index (χ2n) is 10.6. The van der Waals surface area contributed by atoms with E-state index in [-0.39, 0.29) is 18.3 Å². The van der Waals surface area contributed by atoms with Crippen molar-refractivity contribution in [3.05, 3.63) is 107 Å². The number of alkyl carbamates (subject to hydrolysis) is 1. The van der Waals surface area contributed by atoms with Crippen molar-refractivity contribution in [2.45, 2.75) is 44.7 Å². The summed E-state index contributed by atoms with van der Waals surface area (Å²) in [5, 5.41) is 3.03. The molecule has 222 valence electrons. The third-order valence-electron chi connectivity index (χ3n) is 7.78. The SMILES string of the molecule is CCOC=Cc1ccc(COc2cccc(C(NC(=O)OC3CN4CCC3CC4)c3ccccc3)c2)cc1C(F)(F)F. The van der Waals surface area contributed by atoms with Gasteiger partial charge in [0.05, 0.1) is 24.5 Å². The molecule has 0 radical (unpaired) electrons. The molecule has 9 heteroatoms. The molecule has 2 atom stereocenters. The summed E-state index contributed by atoms with van der Waals surface area (Å²) in [5.41, 5.74) is 1.26. The molecule has 3 aliphatic rings. The molecular weight excluding hydrogens is 545 g/mol. The van der Waals surface area contributed by atoms with Gasteiger partial charge in [-0.1, -0.05) is 54.6 Å². The van der Waals surface area contributed by atoms with Crippen LogP contribution in [0.2, 0.25) is 0 Å². The summed E-state index contributed by atoms with van der Waals surface area (Å²) < 4.78 is 58.1. The molecule has 6 nitrogen and oxygen atoms in total. The van der Waals surface area contributed by atoms with Crippen molar-refractivity contribution >= 4 is 12.2 Å². The number of nitrogens with one attached hydrogen (secondary N) is 1. The van der Waals surface area contributed by atoms with Crippen molar-refractivity contribution < 1.29 is 32.2 Å². The fourth-order valence-corrected chi connectivity index (χ4v) is 5.59. The number of fused-ring (bicyclic) bond motifs is 3. The summed E-state index contributed by atoms with van der Waals surface area (Å²) in [4.78, 5) is 15.4.